The topological polar surface area (TPSA) is 61.8 Å². The molecule has 0 atom stereocenters. The second-order valence-corrected chi connectivity index (χ2v) is 5.81. The largest absolute Gasteiger partial charge is 0.390 e. The number of amides is 2. The summed E-state index contributed by atoms with van der Waals surface area (Å²) in [6.45, 7) is 3.61. The molecule has 0 spiro atoms. The molecular weight excluding hydrogens is 268 g/mol. The summed E-state index contributed by atoms with van der Waals surface area (Å²) in [4.78, 5) is 14.1. The highest BCUT2D eigenvalue weighted by Crippen LogP contribution is 2.22. The Bertz CT molecular complexity index is 478. The summed E-state index contributed by atoms with van der Waals surface area (Å²) in [7, 11) is 1.67. The molecule has 1 aliphatic rings. The molecule has 1 aromatic rings. The Morgan fingerprint density at radius 1 is 1.38 bits per heavy atom. The molecule has 2 amide bonds. The number of anilines is 1. The molecule has 1 fully saturated rings. The fourth-order valence-electron chi connectivity index (χ4n) is 2.46. The normalized spacial score (nSPS) is 17.6. The fraction of sp³-hybridized carbons (Fsp3) is 0.562. The number of nitrogens with one attached hydrogen (secondary N) is 1. The summed E-state index contributed by atoms with van der Waals surface area (Å²) in [5.74, 6) is 0. The van der Waals surface area contributed by atoms with Crippen molar-refractivity contribution < 1.29 is 14.6 Å². The molecule has 1 aliphatic heterocycles. The number of hydrogen-bond acceptors (Lipinski definition) is 3. The molecule has 0 radical (unpaired) electrons. The standard InChI is InChI=1S/C16H24N2O3/c1-16(20)8-10-18(11-9-16)15(19)17-14-6-4-3-5-13(14)7-12-21-2/h3-6,20H,7-12H2,1-2H3,(H,17,19). The van der Waals surface area contributed by atoms with Gasteiger partial charge in [-0.25, -0.2) is 4.79 Å². The number of rotatable bonds is 4. The molecule has 0 unspecified atom stereocenters. The zero-order valence-electron chi connectivity index (χ0n) is 12.8. The number of piperidine rings is 1. The smallest absolute Gasteiger partial charge is 0.321 e. The summed E-state index contributed by atoms with van der Waals surface area (Å²) in [6, 6.07) is 7.67. The first kappa shape index (κ1) is 15.8. The number of hydrogen-bond donors (Lipinski definition) is 2. The third-order valence-electron chi connectivity index (χ3n) is 3.96. The maximum atomic E-state index is 12.3. The highest BCUT2D eigenvalue weighted by atomic mass is 16.5. The zero-order chi connectivity index (χ0) is 15.3. The SMILES string of the molecule is COCCc1ccccc1NC(=O)N1CCC(C)(O)CC1. The van der Waals surface area contributed by atoms with Crippen LogP contribution in [0.1, 0.15) is 25.3 Å². The van der Waals surface area contributed by atoms with Crippen LogP contribution in [0.25, 0.3) is 0 Å². The second-order valence-electron chi connectivity index (χ2n) is 5.81. The average Bonchev–Trinajstić information content (AvgIpc) is 2.46. The van der Waals surface area contributed by atoms with Gasteiger partial charge < -0.3 is 20.1 Å². The first-order chi connectivity index (χ1) is 10.0. The van der Waals surface area contributed by atoms with Gasteiger partial charge in [0.25, 0.3) is 0 Å². The maximum Gasteiger partial charge on any atom is 0.321 e. The van der Waals surface area contributed by atoms with Gasteiger partial charge in [0.15, 0.2) is 0 Å². The number of para-hydroxylation sites is 1. The van der Waals surface area contributed by atoms with Crippen molar-refractivity contribution in [2.75, 3.05) is 32.1 Å². The molecule has 5 nitrogen and oxygen atoms in total. The van der Waals surface area contributed by atoms with E-state index in [1.165, 1.54) is 0 Å². The zero-order valence-corrected chi connectivity index (χ0v) is 12.8. The summed E-state index contributed by atoms with van der Waals surface area (Å²) in [6.07, 6.45) is 2.00. The monoisotopic (exact) mass is 292 g/mol. The van der Waals surface area contributed by atoms with Gasteiger partial charge >= 0.3 is 6.03 Å². The molecule has 1 aromatic carbocycles. The molecule has 2 N–H and O–H groups in total. The molecule has 5 heteroatoms. The van der Waals surface area contributed by atoms with Crippen LogP contribution in [0.5, 0.6) is 0 Å². The van der Waals surface area contributed by atoms with E-state index in [-0.39, 0.29) is 6.03 Å². The number of aliphatic hydroxyl groups is 1. The van der Waals surface area contributed by atoms with E-state index >= 15 is 0 Å². The minimum atomic E-state index is -0.646. The number of methoxy groups -OCH3 is 1. The van der Waals surface area contributed by atoms with Crippen molar-refractivity contribution in [2.45, 2.75) is 31.8 Å². The first-order valence-electron chi connectivity index (χ1n) is 7.37. The molecule has 1 saturated heterocycles. The van der Waals surface area contributed by atoms with E-state index in [2.05, 4.69) is 5.32 Å². The predicted octanol–water partition coefficient (Wildman–Crippen LogP) is 2.25. The summed E-state index contributed by atoms with van der Waals surface area (Å²) < 4.78 is 5.09. The first-order valence-corrected chi connectivity index (χ1v) is 7.37. The third-order valence-corrected chi connectivity index (χ3v) is 3.96. The van der Waals surface area contributed by atoms with Gasteiger partial charge in [-0.05, 0) is 37.8 Å². The Morgan fingerprint density at radius 2 is 2.05 bits per heavy atom. The molecule has 0 aromatic heterocycles. The van der Waals surface area contributed by atoms with Crippen molar-refractivity contribution in [1.29, 1.82) is 0 Å². The van der Waals surface area contributed by atoms with E-state index in [4.69, 9.17) is 4.74 Å². The molecular formula is C16H24N2O3. The van der Waals surface area contributed by atoms with Gasteiger partial charge in [0.2, 0.25) is 0 Å². The summed E-state index contributed by atoms with van der Waals surface area (Å²) in [5, 5.41) is 12.9. The minimum absolute atomic E-state index is 0.102. The van der Waals surface area contributed by atoms with Crippen LogP contribution in [0.3, 0.4) is 0 Å². The predicted molar refractivity (Wildman–Crippen MR) is 82.5 cm³/mol. The van der Waals surface area contributed by atoms with Crippen LogP contribution < -0.4 is 5.32 Å². The van der Waals surface area contributed by atoms with Crippen molar-refractivity contribution in [3.63, 3.8) is 0 Å². The number of urea groups is 1. The maximum absolute atomic E-state index is 12.3. The second kappa shape index (κ2) is 6.91. The van der Waals surface area contributed by atoms with Crippen LogP contribution in [0.4, 0.5) is 10.5 Å². The van der Waals surface area contributed by atoms with Crippen LogP contribution in [0.2, 0.25) is 0 Å². The van der Waals surface area contributed by atoms with Crippen LogP contribution >= 0.6 is 0 Å². The van der Waals surface area contributed by atoms with Gasteiger partial charge in [-0.1, -0.05) is 18.2 Å². The van der Waals surface area contributed by atoms with Gasteiger partial charge in [0, 0.05) is 25.9 Å². The van der Waals surface area contributed by atoms with E-state index < -0.39 is 5.60 Å². The van der Waals surface area contributed by atoms with Crippen LogP contribution in [-0.2, 0) is 11.2 Å². The number of carbonyl (C=O) groups excluding carboxylic acids is 1. The van der Waals surface area contributed by atoms with Crippen molar-refractivity contribution in [1.82, 2.24) is 4.90 Å². The van der Waals surface area contributed by atoms with Crippen LogP contribution in [0.15, 0.2) is 24.3 Å². The van der Waals surface area contributed by atoms with Crippen molar-refractivity contribution >= 4 is 11.7 Å². The molecule has 0 saturated carbocycles. The number of benzene rings is 1. The van der Waals surface area contributed by atoms with Gasteiger partial charge in [-0.2, -0.15) is 0 Å². The minimum Gasteiger partial charge on any atom is -0.390 e. The highest BCUT2D eigenvalue weighted by molar-refractivity contribution is 5.90. The molecule has 21 heavy (non-hydrogen) atoms. The third kappa shape index (κ3) is 4.44. The molecule has 1 heterocycles. The van der Waals surface area contributed by atoms with Crippen molar-refractivity contribution in [2.24, 2.45) is 0 Å². The van der Waals surface area contributed by atoms with E-state index in [9.17, 15) is 9.90 Å². The molecule has 0 aliphatic carbocycles. The van der Waals surface area contributed by atoms with Crippen molar-refractivity contribution in [3.05, 3.63) is 29.8 Å². The van der Waals surface area contributed by atoms with E-state index in [0.717, 1.165) is 17.7 Å². The quantitative estimate of drug-likeness (QED) is 0.895. The number of ether oxygens (including phenoxy) is 1. The summed E-state index contributed by atoms with van der Waals surface area (Å²) in [5.41, 5.74) is 1.25. The Labute approximate surface area is 125 Å². The van der Waals surface area contributed by atoms with Crippen LogP contribution in [-0.4, -0.2) is 48.4 Å². The van der Waals surface area contributed by atoms with Crippen molar-refractivity contribution in [3.8, 4) is 0 Å². The number of carbonyl (C=O) groups is 1. The van der Waals surface area contributed by atoms with E-state index in [1.807, 2.05) is 31.2 Å². The Morgan fingerprint density at radius 3 is 2.71 bits per heavy atom. The van der Waals surface area contributed by atoms with Gasteiger partial charge in [0.1, 0.15) is 0 Å². The Kier molecular flexibility index (Phi) is 5.20. The number of likely N-dealkylation sites (tertiary alicyclic amines) is 1. The number of nitrogens with zero attached hydrogens (tertiary/aromatic N) is 1. The van der Waals surface area contributed by atoms with Gasteiger partial charge in [0.05, 0.1) is 12.2 Å². The fourth-order valence-corrected chi connectivity index (χ4v) is 2.46. The summed E-state index contributed by atoms with van der Waals surface area (Å²) >= 11 is 0. The Balaban J connectivity index is 1.97. The lowest BCUT2D eigenvalue weighted by Gasteiger charge is -2.35. The highest BCUT2D eigenvalue weighted by Gasteiger charge is 2.29. The Hall–Kier alpha value is -1.59. The lowest BCUT2D eigenvalue weighted by atomic mass is 9.94. The van der Waals surface area contributed by atoms with Crippen LogP contribution in [0, 0.1) is 0 Å². The van der Waals surface area contributed by atoms with Gasteiger partial charge in [-0.15, -0.1) is 0 Å². The average molecular weight is 292 g/mol. The molecule has 116 valence electrons. The molecule has 0 bridgehead atoms. The molecule has 2 rings (SSSR count). The lowest BCUT2D eigenvalue weighted by Crippen LogP contribution is -2.46. The van der Waals surface area contributed by atoms with Gasteiger partial charge in [-0.3, -0.25) is 0 Å². The van der Waals surface area contributed by atoms with E-state index in [0.29, 0.717) is 32.5 Å². The lowest BCUT2D eigenvalue weighted by molar-refractivity contribution is 0.00570. The van der Waals surface area contributed by atoms with E-state index in [1.54, 1.807) is 12.0 Å².